The van der Waals surface area contributed by atoms with Crippen LogP contribution in [-0.2, 0) is 0 Å². The first-order valence-electron chi connectivity index (χ1n) is 5.10. The summed E-state index contributed by atoms with van der Waals surface area (Å²) in [6.45, 7) is 7.31. The van der Waals surface area contributed by atoms with E-state index in [2.05, 4.69) is 28.6 Å². The topological polar surface area (TPSA) is 0 Å². The summed E-state index contributed by atoms with van der Waals surface area (Å²) in [4.78, 5) is 0. The summed E-state index contributed by atoms with van der Waals surface area (Å²) in [5, 5.41) is 0. The quantitative estimate of drug-likeness (QED) is 0.502. The Bertz CT molecular complexity index is 168. The first-order chi connectivity index (χ1) is 5.10. The zero-order valence-corrected chi connectivity index (χ0v) is 8.22. The van der Waals surface area contributed by atoms with Crippen LogP contribution in [-0.4, -0.2) is 7.85 Å². The summed E-state index contributed by atoms with van der Waals surface area (Å²) in [5.41, 5.74) is 0.791. The summed E-state index contributed by atoms with van der Waals surface area (Å²) in [7, 11) is 2.41. The fraction of sp³-hybridized carbons (Fsp3) is 1.00. The molecule has 2 rings (SSSR count). The molecule has 0 N–H and O–H groups in total. The summed E-state index contributed by atoms with van der Waals surface area (Å²) >= 11 is 0. The van der Waals surface area contributed by atoms with Crippen molar-refractivity contribution in [2.45, 2.75) is 39.4 Å². The van der Waals surface area contributed by atoms with Gasteiger partial charge in [-0.25, -0.2) is 0 Å². The van der Waals surface area contributed by atoms with Crippen molar-refractivity contribution in [1.29, 1.82) is 0 Å². The molecule has 2 aliphatic carbocycles. The molecule has 11 heavy (non-hydrogen) atoms. The van der Waals surface area contributed by atoms with Crippen molar-refractivity contribution >= 4 is 7.85 Å². The van der Waals surface area contributed by atoms with Gasteiger partial charge in [0.05, 0.1) is 0 Å². The average Bonchev–Trinajstić information content (AvgIpc) is 1.85. The van der Waals surface area contributed by atoms with Crippen LogP contribution < -0.4 is 0 Å². The molecule has 0 saturated heterocycles. The number of hydrogen-bond acceptors (Lipinski definition) is 0. The van der Waals surface area contributed by atoms with Gasteiger partial charge >= 0.3 is 0 Å². The van der Waals surface area contributed by atoms with Gasteiger partial charge in [0.2, 0.25) is 0 Å². The summed E-state index contributed by atoms with van der Waals surface area (Å²) < 4.78 is 0. The van der Waals surface area contributed by atoms with Gasteiger partial charge in [-0.05, 0) is 36.0 Å². The lowest BCUT2D eigenvalue weighted by molar-refractivity contribution is -0.187. The van der Waals surface area contributed by atoms with Gasteiger partial charge in [-0.1, -0.05) is 26.6 Å². The first kappa shape index (κ1) is 7.70. The van der Waals surface area contributed by atoms with E-state index in [1.165, 1.54) is 12.8 Å². The Morgan fingerprint density at radius 1 is 1.45 bits per heavy atom. The van der Waals surface area contributed by atoms with Crippen LogP contribution in [0.4, 0.5) is 0 Å². The highest BCUT2D eigenvalue weighted by molar-refractivity contribution is 6.12. The van der Waals surface area contributed by atoms with Crippen molar-refractivity contribution in [2.24, 2.45) is 23.2 Å². The molecule has 62 valence electrons. The third-order valence-electron chi connectivity index (χ3n) is 4.92. The Morgan fingerprint density at radius 2 is 2.09 bits per heavy atom. The summed E-state index contributed by atoms with van der Waals surface area (Å²) in [6.07, 6.45) is 3.03. The van der Waals surface area contributed by atoms with Crippen molar-refractivity contribution in [2.75, 3.05) is 0 Å². The smallest absolute Gasteiger partial charge is 0.0692 e. The number of rotatable bonds is 1. The van der Waals surface area contributed by atoms with E-state index >= 15 is 0 Å². The minimum absolute atomic E-state index is 0.791. The Kier molecular flexibility index (Phi) is 1.44. The van der Waals surface area contributed by atoms with Gasteiger partial charge in [0.25, 0.3) is 0 Å². The second-order valence-electron chi connectivity index (χ2n) is 5.06. The molecule has 0 radical (unpaired) electrons. The third-order valence-corrected chi connectivity index (χ3v) is 4.92. The molecule has 2 saturated carbocycles. The lowest BCUT2D eigenvalue weighted by atomic mass is 9.32. The SMILES string of the molecule is BC(C)C12CCC1C(C)C2C. The van der Waals surface area contributed by atoms with Crippen molar-refractivity contribution in [1.82, 2.24) is 0 Å². The number of fused-ring (bicyclic) bond motifs is 1. The predicted octanol–water partition coefficient (Wildman–Crippen LogP) is 2.11. The van der Waals surface area contributed by atoms with Crippen LogP contribution in [0.5, 0.6) is 0 Å². The average molecular weight is 150 g/mol. The Labute approximate surface area is 71.2 Å². The van der Waals surface area contributed by atoms with Crippen LogP contribution in [0.3, 0.4) is 0 Å². The second kappa shape index (κ2) is 2.05. The first-order valence-corrected chi connectivity index (χ1v) is 5.10. The standard InChI is InChI=1S/C10H19B/c1-6-7(2)10(8(3)11)5-4-9(6)10/h6-9H,4-5,11H2,1-3H3. The highest BCUT2D eigenvalue weighted by Crippen LogP contribution is 2.71. The van der Waals surface area contributed by atoms with Crippen LogP contribution in [0.25, 0.3) is 0 Å². The molecule has 0 nitrogen and oxygen atoms in total. The Hall–Kier alpha value is 0.0649. The molecule has 0 bridgehead atoms. The molecule has 0 heterocycles. The van der Waals surface area contributed by atoms with Crippen molar-refractivity contribution in [3.8, 4) is 0 Å². The number of hydrogen-bond donors (Lipinski definition) is 0. The molecule has 5 unspecified atom stereocenters. The molecule has 2 aliphatic rings. The van der Waals surface area contributed by atoms with Gasteiger partial charge in [0.1, 0.15) is 7.85 Å². The van der Waals surface area contributed by atoms with Gasteiger partial charge < -0.3 is 0 Å². The molecule has 5 atom stereocenters. The zero-order chi connectivity index (χ0) is 8.22. The Balaban J connectivity index is 2.16. The van der Waals surface area contributed by atoms with Gasteiger partial charge in [0, 0.05) is 0 Å². The molecule has 0 aromatic rings. The molecule has 0 aromatic carbocycles. The van der Waals surface area contributed by atoms with Crippen LogP contribution in [0.2, 0.25) is 5.82 Å². The van der Waals surface area contributed by atoms with Crippen LogP contribution >= 0.6 is 0 Å². The van der Waals surface area contributed by atoms with E-state index in [1.54, 1.807) is 0 Å². The van der Waals surface area contributed by atoms with E-state index in [4.69, 9.17) is 0 Å². The summed E-state index contributed by atoms with van der Waals surface area (Å²) in [6, 6.07) is 0. The van der Waals surface area contributed by atoms with Crippen LogP contribution in [0, 0.1) is 23.2 Å². The van der Waals surface area contributed by atoms with Gasteiger partial charge in [-0.2, -0.15) is 0 Å². The molecule has 2 fully saturated rings. The van der Waals surface area contributed by atoms with Crippen molar-refractivity contribution < 1.29 is 0 Å². The maximum absolute atomic E-state index is 2.46. The fourth-order valence-corrected chi connectivity index (χ4v) is 3.92. The van der Waals surface area contributed by atoms with Gasteiger partial charge in [-0.3, -0.25) is 0 Å². The second-order valence-corrected chi connectivity index (χ2v) is 5.06. The van der Waals surface area contributed by atoms with Crippen LogP contribution in [0.1, 0.15) is 33.6 Å². The van der Waals surface area contributed by atoms with E-state index in [1.807, 2.05) is 0 Å². The van der Waals surface area contributed by atoms with Gasteiger partial charge in [-0.15, -0.1) is 0 Å². The lowest BCUT2D eigenvalue weighted by Crippen LogP contribution is -2.62. The van der Waals surface area contributed by atoms with Crippen molar-refractivity contribution in [3.05, 3.63) is 0 Å². The highest BCUT2D eigenvalue weighted by Gasteiger charge is 2.63. The molecule has 1 heteroatoms. The van der Waals surface area contributed by atoms with Crippen LogP contribution in [0.15, 0.2) is 0 Å². The van der Waals surface area contributed by atoms with E-state index in [0.29, 0.717) is 0 Å². The third kappa shape index (κ3) is 0.637. The molecular weight excluding hydrogens is 131 g/mol. The summed E-state index contributed by atoms with van der Waals surface area (Å²) in [5.74, 6) is 4.04. The molecule has 0 spiro atoms. The van der Waals surface area contributed by atoms with Gasteiger partial charge in [0.15, 0.2) is 0 Å². The zero-order valence-electron chi connectivity index (χ0n) is 8.22. The monoisotopic (exact) mass is 150 g/mol. The predicted molar refractivity (Wildman–Crippen MR) is 51.5 cm³/mol. The Morgan fingerprint density at radius 3 is 2.27 bits per heavy atom. The van der Waals surface area contributed by atoms with E-state index < -0.39 is 0 Å². The molecular formula is C10H19B. The minimum Gasteiger partial charge on any atom is -0.0692 e. The van der Waals surface area contributed by atoms with E-state index in [-0.39, 0.29) is 0 Å². The normalized spacial score (nSPS) is 57.2. The minimum atomic E-state index is 0.791. The maximum Gasteiger partial charge on any atom is 0.105 e. The highest BCUT2D eigenvalue weighted by atomic mass is 14.7. The van der Waals surface area contributed by atoms with E-state index in [0.717, 1.165) is 29.0 Å². The van der Waals surface area contributed by atoms with Crippen molar-refractivity contribution in [3.63, 3.8) is 0 Å². The molecule has 0 amide bonds. The van der Waals surface area contributed by atoms with E-state index in [9.17, 15) is 0 Å². The maximum atomic E-state index is 2.46. The largest absolute Gasteiger partial charge is 0.105 e. The molecule has 0 aliphatic heterocycles. The lowest BCUT2D eigenvalue weighted by Gasteiger charge is -2.70. The molecule has 0 aromatic heterocycles. The fourth-order valence-electron chi connectivity index (χ4n) is 3.92.